The molecule has 0 atom stereocenters. The molecule has 2 fully saturated rings. The highest BCUT2D eigenvalue weighted by atomic mass is 16.2. The summed E-state index contributed by atoms with van der Waals surface area (Å²) in [7, 11) is 0. The van der Waals surface area contributed by atoms with E-state index in [9.17, 15) is 9.59 Å². The Morgan fingerprint density at radius 1 is 0.654 bits per heavy atom. The Morgan fingerprint density at radius 3 is 1.08 bits per heavy atom. The summed E-state index contributed by atoms with van der Waals surface area (Å²) in [5, 5.41) is 0. The number of carbonyl (C=O) groups is 2. The van der Waals surface area contributed by atoms with Gasteiger partial charge in [-0.3, -0.25) is 9.59 Å². The smallest absolute Gasteiger partial charge is 0.225 e. The zero-order valence-electron chi connectivity index (χ0n) is 18.7. The van der Waals surface area contributed by atoms with E-state index in [1.54, 1.807) is 0 Å². The van der Waals surface area contributed by atoms with Gasteiger partial charge in [-0.15, -0.1) is 0 Å². The quantitative estimate of drug-likeness (QED) is 0.700. The van der Waals surface area contributed by atoms with Gasteiger partial charge < -0.3 is 9.80 Å². The third-order valence-corrected chi connectivity index (χ3v) is 5.18. The van der Waals surface area contributed by atoms with Gasteiger partial charge in [0.05, 0.1) is 0 Å². The molecule has 0 spiro atoms. The minimum atomic E-state index is 0.165. The summed E-state index contributed by atoms with van der Waals surface area (Å²) in [5.41, 5.74) is 0. The molecule has 0 radical (unpaired) electrons. The van der Waals surface area contributed by atoms with Crippen molar-refractivity contribution in [3.8, 4) is 0 Å². The van der Waals surface area contributed by atoms with Crippen molar-refractivity contribution in [2.75, 3.05) is 26.2 Å². The van der Waals surface area contributed by atoms with E-state index < -0.39 is 0 Å². The largest absolute Gasteiger partial charge is 0.342 e. The highest BCUT2D eigenvalue weighted by molar-refractivity contribution is 5.78. The fraction of sp³-hybridized carbons (Fsp3) is 0.909. The Balaban J connectivity index is 0.000000439. The van der Waals surface area contributed by atoms with E-state index in [0.29, 0.717) is 11.8 Å². The third-order valence-electron chi connectivity index (χ3n) is 5.18. The van der Waals surface area contributed by atoms with Crippen molar-refractivity contribution in [2.45, 2.75) is 81.1 Å². The van der Waals surface area contributed by atoms with Gasteiger partial charge in [0.2, 0.25) is 11.8 Å². The fourth-order valence-electron chi connectivity index (χ4n) is 3.19. The first-order valence-corrected chi connectivity index (χ1v) is 10.8. The van der Waals surface area contributed by atoms with Crippen LogP contribution in [0.4, 0.5) is 0 Å². The number of rotatable bonds is 2. The van der Waals surface area contributed by atoms with Crippen LogP contribution in [0.5, 0.6) is 0 Å². The van der Waals surface area contributed by atoms with Crippen LogP contribution in [0.1, 0.15) is 81.1 Å². The lowest BCUT2D eigenvalue weighted by Crippen LogP contribution is -2.40. The molecule has 2 amide bonds. The van der Waals surface area contributed by atoms with Gasteiger partial charge in [-0.2, -0.15) is 0 Å². The van der Waals surface area contributed by atoms with Crippen LogP contribution in [-0.4, -0.2) is 47.8 Å². The second-order valence-electron chi connectivity index (χ2n) is 8.33. The molecule has 0 aliphatic carbocycles. The van der Waals surface area contributed by atoms with Gasteiger partial charge in [0.1, 0.15) is 0 Å². The van der Waals surface area contributed by atoms with E-state index in [0.717, 1.165) is 38.0 Å². The van der Waals surface area contributed by atoms with Gasteiger partial charge in [0.15, 0.2) is 0 Å². The third kappa shape index (κ3) is 9.05. The van der Waals surface area contributed by atoms with E-state index in [4.69, 9.17) is 0 Å². The van der Waals surface area contributed by atoms with E-state index >= 15 is 0 Å². The molecule has 26 heavy (non-hydrogen) atoms. The average Bonchev–Trinajstić information content (AvgIpc) is 2.64. The molecule has 154 valence electrons. The van der Waals surface area contributed by atoms with Crippen molar-refractivity contribution in [3.05, 3.63) is 0 Å². The number of hydrogen-bond donors (Lipinski definition) is 0. The first-order valence-electron chi connectivity index (χ1n) is 10.8. The summed E-state index contributed by atoms with van der Waals surface area (Å²) in [6, 6.07) is 0. The Kier molecular flexibility index (Phi) is 12.6. The lowest BCUT2D eigenvalue weighted by atomic mass is 9.98. The SMILES string of the molecule is CC.CC1CCN(C(=O)C(C)C)CC1.CC1CCN(C(=O)C(C)C)CC1. The molecule has 4 heteroatoms. The number of hydrogen-bond acceptors (Lipinski definition) is 2. The number of nitrogens with zero attached hydrogens (tertiary/aromatic N) is 2. The molecule has 2 heterocycles. The summed E-state index contributed by atoms with van der Waals surface area (Å²) in [6.45, 7) is 20.3. The van der Waals surface area contributed by atoms with E-state index in [1.807, 2.05) is 51.3 Å². The Morgan fingerprint density at radius 2 is 0.885 bits per heavy atom. The first-order chi connectivity index (χ1) is 12.2. The molecule has 0 unspecified atom stereocenters. The van der Waals surface area contributed by atoms with Gasteiger partial charge in [0.25, 0.3) is 0 Å². The Bertz CT molecular complexity index is 353. The summed E-state index contributed by atoms with van der Waals surface area (Å²) in [6.07, 6.45) is 4.72. The molecule has 2 aliphatic heterocycles. The predicted octanol–water partition coefficient (Wildman–Crippen LogP) is 4.83. The zero-order valence-corrected chi connectivity index (χ0v) is 18.7. The molecular weight excluding hydrogens is 324 g/mol. The summed E-state index contributed by atoms with van der Waals surface area (Å²) >= 11 is 0. The van der Waals surface area contributed by atoms with Crippen LogP contribution in [0.2, 0.25) is 0 Å². The Hall–Kier alpha value is -1.06. The fourth-order valence-corrected chi connectivity index (χ4v) is 3.19. The van der Waals surface area contributed by atoms with Gasteiger partial charge in [0, 0.05) is 38.0 Å². The molecule has 2 rings (SSSR count). The zero-order chi connectivity index (χ0) is 20.3. The van der Waals surface area contributed by atoms with Gasteiger partial charge in [-0.05, 0) is 37.5 Å². The van der Waals surface area contributed by atoms with Gasteiger partial charge >= 0.3 is 0 Å². The van der Waals surface area contributed by atoms with Crippen LogP contribution in [0.15, 0.2) is 0 Å². The number of likely N-dealkylation sites (tertiary alicyclic amines) is 2. The van der Waals surface area contributed by atoms with Crippen molar-refractivity contribution in [1.82, 2.24) is 9.80 Å². The average molecular weight is 369 g/mol. The summed E-state index contributed by atoms with van der Waals surface area (Å²) < 4.78 is 0. The molecular formula is C22H44N2O2. The molecule has 2 aliphatic rings. The van der Waals surface area contributed by atoms with Crippen LogP contribution in [0.3, 0.4) is 0 Å². The maximum Gasteiger partial charge on any atom is 0.225 e. The van der Waals surface area contributed by atoms with Crippen LogP contribution in [-0.2, 0) is 9.59 Å². The molecule has 0 bridgehead atoms. The number of carbonyl (C=O) groups excluding carboxylic acids is 2. The lowest BCUT2D eigenvalue weighted by Gasteiger charge is -2.31. The van der Waals surface area contributed by atoms with Crippen molar-refractivity contribution in [1.29, 1.82) is 0 Å². The minimum absolute atomic E-state index is 0.165. The maximum atomic E-state index is 11.5. The number of piperidine rings is 2. The van der Waals surface area contributed by atoms with E-state index in [1.165, 1.54) is 25.7 Å². The van der Waals surface area contributed by atoms with Crippen LogP contribution < -0.4 is 0 Å². The van der Waals surface area contributed by atoms with Crippen LogP contribution in [0, 0.1) is 23.7 Å². The molecule has 4 nitrogen and oxygen atoms in total. The van der Waals surface area contributed by atoms with Gasteiger partial charge in [-0.1, -0.05) is 55.4 Å². The van der Waals surface area contributed by atoms with Crippen molar-refractivity contribution >= 4 is 11.8 Å². The highest BCUT2D eigenvalue weighted by Gasteiger charge is 2.22. The molecule has 0 N–H and O–H groups in total. The lowest BCUT2D eigenvalue weighted by molar-refractivity contribution is -0.136. The topological polar surface area (TPSA) is 40.6 Å². The van der Waals surface area contributed by atoms with Crippen molar-refractivity contribution in [2.24, 2.45) is 23.7 Å². The minimum Gasteiger partial charge on any atom is -0.342 e. The maximum absolute atomic E-state index is 11.5. The number of amides is 2. The van der Waals surface area contributed by atoms with Crippen LogP contribution in [0.25, 0.3) is 0 Å². The summed E-state index contributed by atoms with van der Waals surface area (Å²) in [4.78, 5) is 27.1. The molecule has 0 saturated carbocycles. The first kappa shape index (κ1) is 24.9. The van der Waals surface area contributed by atoms with Gasteiger partial charge in [-0.25, -0.2) is 0 Å². The second kappa shape index (κ2) is 13.2. The monoisotopic (exact) mass is 368 g/mol. The van der Waals surface area contributed by atoms with Crippen LogP contribution >= 0.6 is 0 Å². The van der Waals surface area contributed by atoms with Crippen molar-refractivity contribution < 1.29 is 9.59 Å². The molecule has 0 aromatic carbocycles. The Labute approximate surface area is 162 Å². The van der Waals surface area contributed by atoms with E-state index in [2.05, 4.69) is 13.8 Å². The highest BCUT2D eigenvalue weighted by Crippen LogP contribution is 2.18. The normalized spacial score (nSPS) is 18.8. The summed E-state index contributed by atoms with van der Waals surface area (Å²) in [5.74, 6) is 2.59. The second-order valence-corrected chi connectivity index (χ2v) is 8.33. The molecule has 0 aromatic rings. The standard InChI is InChI=1S/2C10H19NO.C2H6/c2*1-8(2)10(12)11-6-4-9(3)5-7-11;1-2/h2*8-9H,4-7H2,1-3H3;1-2H3. The predicted molar refractivity (Wildman–Crippen MR) is 111 cm³/mol. The molecule has 0 aromatic heterocycles. The van der Waals surface area contributed by atoms with E-state index in [-0.39, 0.29) is 11.8 Å². The molecule has 2 saturated heterocycles. The van der Waals surface area contributed by atoms with Crippen molar-refractivity contribution in [3.63, 3.8) is 0 Å².